The van der Waals surface area contributed by atoms with Gasteiger partial charge in [0.2, 0.25) is 0 Å². The van der Waals surface area contributed by atoms with E-state index in [0.717, 1.165) is 13.0 Å². The Morgan fingerprint density at radius 3 is 3.00 bits per heavy atom. The van der Waals surface area contributed by atoms with E-state index in [-0.39, 0.29) is 11.8 Å². The van der Waals surface area contributed by atoms with Crippen LogP contribution in [-0.2, 0) is 11.2 Å². The molecule has 1 fully saturated rings. The molecule has 2 rings (SSSR count). The van der Waals surface area contributed by atoms with Crippen molar-refractivity contribution in [2.24, 2.45) is 5.92 Å². The van der Waals surface area contributed by atoms with Gasteiger partial charge in [0.25, 0.3) is 0 Å². The molecular formula is C14H18BrFN2O2. The molecular weight excluding hydrogens is 327 g/mol. The van der Waals surface area contributed by atoms with E-state index in [4.69, 9.17) is 4.74 Å². The zero-order valence-corrected chi connectivity index (χ0v) is 12.7. The Balaban J connectivity index is 1.65. The highest BCUT2D eigenvalue weighted by atomic mass is 79.9. The third-order valence-electron chi connectivity index (χ3n) is 3.27. The summed E-state index contributed by atoms with van der Waals surface area (Å²) < 4.78 is 19.5. The third-order valence-corrected chi connectivity index (χ3v) is 3.76. The van der Waals surface area contributed by atoms with Crippen molar-refractivity contribution < 1.29 is 13.9 Å². The number of hydrogen-bond donors (Lipinski definition) is 2. The lowest BCUT2D eigenvalue weighted by Gasteiger charge is -2.11. The molecule has 1 heterocycles. The van der Waals surface area contributed by atoms with E-state index in [1.807, 2.05) is 0 Å². The number of carbonyl (C=O) groups excluding carboxylic acids is 1. The molecule has 1 saturated heterocycles. The Morgan fingerprint density at radius 1 is 1.45 bits per heavy atom. The van der Waals surface area contributed by atoms with E-state index in [1.54, 1.807) is 12.1 Å². The number of urea groups is 1. The van der Waals surface area contributed by atoms with Gasteiger partial charge in [-0.3, -0.25) is 0 Å². The van der Waals surface area contributed by atoms with Crippen molar-refractivity contribution in [3.05, 3.63) is 34.1 Å². The molecule has 0 aliphatic carbocycles. The molecule has 0 bridgehead atoms. The summed E-state index contributed by atoms with van der Waals surface area (Å²) in [5.74, 6) is 0.148. The SMILES string of the molecule is O=C(NCCc1ccc(Br)cc1F)NC[C@@H]1CCOC1. The van der Waals surface area contributed by atoms with Crippen LogP contribution in [0.2, 0.25) is 0 Å². The maximum absolute atomic E-state index is 13.6. The molecule has 110 valence electrons. The molecule has 0 saturated carbocycles. The van der Waals surface area contributed by atoms with Crippen LogP contribution >= 0.6 is 15.9 Å². The van der Waals surface area contributed by atoms with Crippen molar-refractivity contribution in [3.63, 3.8) is 0 Å². The first-order valence-corrected chi connectivity index (χ1v) is 7.48. The molecule has 0 radical (unpaired) electrons. The first kappa shape index (κ1) is 15.3. The zero-order chi connectivity index (χ0) is 14.4. The van der Waals surface area contributed by atoms with E-state index in [2.05, 4.69) is 26.6 Å². The van der Waals surface area contributed by atoms with Crippen LogP contribution in [0, 0.1) is 11.7 Å². The number of amides is 2. The summed E-state index contributed by atoms with van der Waals surface area (Å²) in [5.41, 5.74) is 0.595. The van der Waals surface area contributed by atoms with Gasteiger partial charge in [0.15, 0.2) is 0 Å². The molecule has 20 heavy (non-hydrogen) atoms. The Morgan fingerprint density at radius 2 is 2.30 bits per heavy atom. The van der Waals surface area contributed by atoms with Gasteiger partial charge in [0.05, 0.1) is 6.61 Å². The first-order valence-electron chi connectivity index (χ1n) is 6.68. The number of ether oxygens (including phenoxy) is 1. The highest BCUT2D eigenvalue weighted by Crippen LogP contribution is 2.15. The van der Waals surface area contributed by atoms with Gasteiger partial charge < -0.3 is 15.4 Å². The molecule has 2 N–H and O–H groups in total. The summed E-state index contributed by atoms with van der Waals surface area (Å²) in [7, 11) is 0. The minimum absolute atomic E-state index is 0.214. The van der Waals surface area contributed by atoms with Crippen LogP contribution in [-0.4, -0.2) is 32.3 Å². The standard InChI is InChI=1S/C14H18BrFN2O2/c15-12-2-1-11(13(16)7-12)3-5-17-14(19)18-8-10-4-6-20-9-10/h1-2,7,10H,3-6,8-9H2,(H2,17,18,19)/t10-/m0/s1. The second-order valence-electron chi connectivity index (χ2n) is 4.85. The van der Waals surface area contributed by atoms with Crippen molar-refractivity contribution in [3.8, 4) is 0 Å². The monoisotopic (exact) mass is 344 g/mol. The van der Waals surface area contributed by atoms with E-state index < -0.39 is 0 Å². The second-order valence-corrected chi connectivity index (χ2v) is 5.77. The van der Waals surface area contributed by atoms with Gasteiger partial charge >= 0.3 is 6.03 Å². The summed E-state index contributed by atoms with van der Waals surface area (Å²) in [6.45, 7) is 2.52. The fourth-order valence-corrected chi connectivity index (χ4v) is 2.41. The topological polar surface area (TPSA) is 50.4 Å². The van der Waals surface area contributed by atoms with Gasteiger partial charge in [-0.25, -0.2) is 9.18 Å². The van der Waals surface area contributed by atoms with Gasteiger partial charge in [-0.15, -0.1) is 0 Å². The molecule has 4 nitrogen and oxygen atoms in total. The summed E-state index contributed by atoms with van der Waals surface area (Å²) >= 11 is 3.21. The lowest BCUT2D eigenvalue weighted by Crippen LogP contribution is -2.39. The van der Waals surface area contributed by atoms with Gasteiger partial charge in [0.1, 0.15) is 5.82 Å². The summed E-state index contributed by atoms with van der Waals surface area (Å²) in [5, 5.41) is 5.53. The number of carbonyl (C=O) groups is 1. The smallest absolute Gasteiger partial charge is 0.314 e. The largest absolute Gasteiger partial charge is 0.381 e. The summed E-state index contributed by atoms with van der Waals surface area (Å²) in [6, 6.07) is 4.72. The Hall–Kier alpha value is -1.14. The summed E-state index contributed by atoms with van der Waals surface area (Å²) in [4.78, 5) is 11.6. The first-order chi connectivity index (χ1) is 9.65. The quantitative estimate of drug-likeness (QED) is 0.861. The number of hydrogen-bond acceptors (Lipinski definition) is 2. The van der Waals surface area contributed by atoms with Crippen molar-refractivity contribution in [1.29, 1.82) is 0 Å². The number of rotatable bonds is 5. The maximum Gasteiger partial charge on any atom is 0.314 e. The number of nitrogens with one attached hydrogen (secondary N) is 2. The third kappa shape index (κ3) is 4.76. The van der Waals surface area contributed by atoms with E-state index in [0.29, 0.717) is 42.1 Å². The molecule has 1 aliphatic rings. The van der Waals surface area contributed by atoms with Crippen LogP contribution in [0.5, 0.6) is 0 Å². The normalized spacial score (nSPS) is 18.0. The molecule has 1 aromatic rings. The van der Waals surface area contributed by atoms with Crippen LogP contribution < -0.4 is 10.6 Å². The van der Waals surface area contributed by atoms with Crippen molar-refractivity contribution in [2.45, 2.75) is 12.8 Å². The Kier molecular flexibility index (Phi) is 5.79. The van der Waals surface area contributed by atoms with Crippen LogP contribution in [0.4, 0.5) is 9.18 Å². The van der Waals surface area contributed by atoms with Crippen LogP contribution in [0.25, 0.3) is 0 Å². The zero-order valence-electron chi connectivity index (χ0n) is 11.1. The van der Waals surface area contributed by atoms with Crippen molar-refractivity contribution in [2.75, 3.05) is 26.3 Å². The molecule has 1 atom stereocenters. The van der Waals surface area contributed by atoms with Crippen molar-refractivity contribution >= 4 is 22.0 Å². The fourth-order valence-electron chi connectivity index (χ4n) is 2.08. The molecule has 0 spiro atoms. The average Bonchev–Trinajstić information content (AvgIpc) is 2.92. The highest BCUT2D eigenvalue weighted by molar-refractivity contribution is 9.10. The van der Waals surface area contributed by atoms with E-state index in [9.17, 15) is 9.18 Å². The average molecular weight is 345 g/mol. The van der Waals surface area contributed by atoms with Crippen LogP contribution in [0.3, 0.4) is 0 Å². The molecule has 6 heteroatoms. The Bertz CT molecular complexity index is 464. The molecule has 0 unspecified atom stereocenters. The minimum Gasteiger partial charge on any atom is -0.381 e. The summed E-state index contributed by atoms with van der Waals surface area (Å²) in [6.07, 6.45) is 1.46. The van der Waals surface area contributed by atoms with Crippen LogP contribution in [0.1, 0.15) is 12.0 Å². The second kappa shape index (κ2) is 7.59. The fraction of sp³-hybridized carbons (Fsp3) is 0.500. The predicted molar refractivity (Wildman–Crippen MR) is 78.1 cm³/mol. The highest BCUT2D eigenvalue weighted by Gasteiger charge is 2.16. The van der Waals surface area contributed by atoms with Crippen LogP contribution in [0.15, 0.2) is 22.7 Å². The van der Waals surface area contributed by atoms with E-state index in [1.165, 1.54) is 6.07 Å². The minimum atomic E-state index is -0.260. The maximum atomic E-state index is 13.6. The van der Waals surface area contributed by atoms with Gasteiger partial charge in [-0.05, 0) is 30.5 Å². The molecule has 0 aromatic heterocycles. The molecule has 1 aromatic carbocycles. The van der Waals surface area contributed by atoms with Gasteiger partial charge in [-0.1, -0.05) is 22.0 Å². The molecule has 1 aliphatic heterocycles. The lowest BCUT2D eigenvalue weighted by molar-refractivity contribution is 0.185. The van der Waals surface area contributed by atoms with Gasteiger partial charge in [0, 0.05) is 30.1 Å². The van der Waals surface area contributed by atoms with Crippen molar-refractivity contribution in [1.82, 2.24) is 10.6 Å². The lowest BCUT2D eigenvalue weighted by atomic mass is 10.1. The number of benzene rings is 1. The molecule has 2 amide bonds. The number of halogens is 2. The van der Waals surface area contributed by atoms with E-state index >= 15 is 0 Å². The Labute approximate surface area is 126 Å². The predicted octanol–water partition coefficient (Wildman–Crippen LogP) is 2.47. The van der Waals surface area contributed by atoms with Gasteiger partial charge in [-0.2, -0.15) is 0 Å².